The van der Waals surface area contributed by atoms with Gasteiger partial charge in [0.25, 0.3) is 5.91 Å². The number of amides is 1. The molecule has 0 fully saturated rings. The number of benzene rings is 1. The Hall–Kier alpha value is -2.16. The van der Waals surface area contributed by atoms with Crippen LogP contribution in [0.3, 0.4) is 0 Å². The van der Waals surface area contributed by atoms with E-state index in [0.717, 1.165) is 16.1 Å². The van der Waals surface area contributed by atoms with Crippen molar-refractivity contribution in [2.24, 2.45) is 0 Å². The summed E-state index contributed by atoms with van der Waals surface area (Å²) in [4.78, 5) is 17.7. The highest BCUT2D eigenvalue weighted by Gasteiger charge is 2.13. The lowest BCUT2D eigenvalue weighted by Gasteiger charge is -2.05. The largest absolute Gasteiger partial charge is 0.384 e. The van der Waals surface area contributed by atoms with Crippen LogP contribution in [-0.4, -0.2) is 22.6 Å². The number of aromatic nitrogens is 1. The minimum Gasteiger partial charge on any atom is -0.384 e. The molecule has 1 aromatic carbocycles. The normalized spacial score (nSPS) is 9.90. The van der Waals surface area contributed by atoms with E-state index < -0.39 is 0 Å². The quantitative estimate of drug-likeness (QED) is 0.838. The minimum atomic E-state index is -0.244. The Morgan fingerprint density at radius 3 is 2.76 bits per heavy atom. The summed E-state index contributed by atoms with van der Waals surface area (Å²) in [5.41, 5.74) is 3.01. The average Bonchev–Trinajstić information content (AvgIpc) is 2.74. The first kappa shape index (κ1) is 15.2. The lowest BCUT2D eigenvalue weighted by Crippen LogP contribution is -2.13. The molecule has 4 nitrogen and oxygen atoms in total. The number of anilines is 1. The zero-order valence-electron chi connectivity index (χ0n) is 12.2. The van der Waals surface area contributed by atoms with Crippen LogP contribution in [0.25, 0.3) is 0 Å². The highest BCUT2D eigenvalue weighted by atomic mass is 32.1. The van der Waals surface area contributed by atoms with Gasteiger partial charge in [0.1, 0.15) is 6.61 Å². The average molecular weight is 300 g/mol. The Morgan fingerprint density at radius 1 is 1.38 bits per heavy atom. The molecule has 1 heterocycles. The number of carbonyl (C=O) groups excluding carboxylic acids is 1. The molecule has 108 valence electrons. The van der Waals surface area contributed by atoms with E-state index in [1.165, 1.54) is 11.3 Å². The van der Waals surface area contributed by atoms with Gasteiger partial charge >= 0.3 is 0 Å². The van der Waals surface area contributed by atoms with E-state index in [4.69, 9.17) is 5.11 Å². The van der Waals surface area contributed by atoms with Crippen molar-refractivity contribution in [1.82, 2.24) is 4.98 Å². The van der Waals surface area contributed by atoms with E-state index in [1.54, 1.807) is 6.07 Å². The van der Waals surface area contributed by atoms with Gasteiger partial charge in [-0.15, -0.1) is 11.3 Å². The van der Waals surface area contributed by atoms with Crippen molar-refractivity contribution >= 4 is 22.4 Å². The SMILES string of the molecule is Cc1ccc(C(=O)Nc2nc(C)c(C)s2)c(C#CCO)c1. The molecule has 0 saturated carbocycles. The molecule has 0 atom stereocenters. The third-order valence-corrected chi connectivity index (χ3v) is 3.96. The van der Waals surface area contributed by atoms with Gasteiger partial charge in [-0.05, 0) is 38.5 Å². The molecule has 0 unspecified atom stereocenters. The Balaban J connectivity index is 2.30. The number of nitrogens with zero attached hydrogens (tertiary/aromatic N) is 1. The fraction of sp³-hybridized carbons (Fsp3) is 0.250. The third-order valence-electron chi connectivity index (χ3n) is 2.97. The van der Waals surface area contributed by atoms with E-state index in [0.29, 0.717) is 16.3 Å². The van der Waals surface area contributed by atoms with E-state index >= 15 is 0 Å². The van der Waals surface area contributed by atoms with E-state index in [9.17, 15) is 4.79 Å². The van der Waals surface area contributed by atoms with Crippen LogP contribution in [0, 0.1) is 32.6 Å². The molecule has 21 heavy (non-hydrogen) atoms. The first-order valence-electron chi connectivity index (χ1n) is 6.47. The van der Waals surface area contributed by atoms with Gasteiger partial charge in [0, 0.05) is 10.4 Å². The topological polar surface area (TPSA) is 62.2 Å². The highest BCUT2D eigenvalue weighted by molar-refractivity contribution is 7.15. The van der Waals surface area contributed by atoms with Crippen molar-refractivity contribution < 1.29 is 9.90 Å². The number of aryl methyl sites for hydroxylation is 3. The minimum absolute atomic E-state index is 0.236. The maximum Gasteiger partial charge on any atom is 0.258 e. The fourth-order valence-electron chi connectivity index (χ4n) is 1.78. The van der Waals surface area contributed by atoms with Gasteiger partial charge in [-0.1, -0.05) is 17.9 Å². The molecular formula is C16H16N2O2S. The van der Waals surface area contributed by atoms with Gasteiger partial charge in [0.05, 0.1) is 11.3 Å². The number of nitrogens with one attached hydrogen (secondary N) is 1. The number of thiazole rings is 1. The first-order valence-corrected chi connectivity index (χ1v) is 7.28. The van der Waals surface area contributed by atoms with Crippen LogP contribution in [0.5, 0.6) is 0 Å². The third kappa shape index (κ3) is 3.69. The monoisotopic (exact) mass is 300 g/mol. The molecule has 0 bridgehead atoms. The van der Waals surface area contributed by atoms with E-state index in [-0.39, 0.29) is 12.5 Å². The molecule has 0 aliphatic rings. The zero-order chi connectivity index (χ0) is 15.4. The highest BCUT2D eigenvalue weighted by Crippen LogP contribution is 2.22. The molecule has 0 radical (unpaired) electrons. The molecule has 0 aliphatic heterocycles. The Morgan fingerprint density at radius 2 is 2.14 bits per heavy atom. The standard InChI is InChI=1S/C16H16N2O2S/c1-10-6-7-14(13(9-10)5-4-8-19)15(20)18-16-17-11(2)12(3)21-16/h6-7,9,19H,8H2,1-3H3,(H,17,18,20). The summed E-state index contributed by atoms with van der Waals surface area (Å²) >= 11 is 1.45. The summed E-state index contributed by atoms with van der Waals surface area (Å²) in [7, 11) is 0. The maximum absolute atomic E-state index is 12.4. The van der Waals surface area contributed by atoms with Crippen LogP contribution in [0.1, 0.15) is 32.1 Å². The number of hydrogen-bond acceptors (Lipinski definition) is 4. The van der Waals surface area contributed by atoms with Gasteiger partial charge in [0.15, 0.2) is 5.13 Å². The van der Waals surface area contributed by atoms with Crippen LogP contribution in [0.4, 0.5) is 5.13 Å². The second kappa shape index (κ2) is 6.53. The summed E-state index contributed by atoms with van der Waals surface area (Å²) in [5.74, 6) is 5.14. The summed E-state index contributed by atoms with van der Waals surface area (Å²) in [6, 6.07) is 5.42. The lowest BCUT2D eigenvalue weighted by atomic mass is 10.0. The number of aliphatic hydroxyl groups excluding tert-OH is 1. The van der Waals surface area contributed by atoms with E-state index in [1.807, 2.05) is 32.9 Å². The Kier molecular flexibility index (Phi) is 4.73. The summed E-state index contributed by atoms with van der Waals surface area (Å²) < 4.78 is 0. The molecule has 2 rings (SSSR count). The predicted molar refractivity (Wildman–Crippen MR) is 84.7 cm³/mol. The zero-order valence-corrected chi connectivity index (χ0v) is 13.0. The van der Waals surface area contributed by atoms with Crippen LogP contribution in [-0.2, 0) is 0 Å². The molecular weight excluding hydrogens is 284 g/mol. The predicted octanol–water partition coefficient (Wildman–Crippen LogP) is 2.66. The van der Waals surface area contributed by atoms with Crippen LogP contribution >= 0.6 is 11.3 Å². The summed E-state index contributed by atoms with van der Waals surface area (Å²) in [5, 5.41) is 12.2. The van der Waals surface area contributed by atoms with Crippen molar-refractivity contribution in [2.75, 3.05) is 11.9 Å². The molecule has 1 amide bonds. The molecule has 2 aromatic rings. The fourth-order valence-corrected chi connectivity index (χ4v) is 2.59. The molecule has 5 heteroatoms. The van der Waals surface area contributed by atoms with Gasteiger partial charge in [-0.25, -0.2) is 4.98 Å². The van der Waals surface area contributed by atoms with Crippen LogP contribution in [0.15, 0.2) is 18.2 Å². The van der Waals surface area contributed by atoms with Crippen LogP contribution in [0.2, 0.25) is 0 Å². The smallest absolute Gasteiger partial charge is 0.258 e. The molecule has 0 saturated heterocycles. The van der Waals surface area contributed by atoms with Crippen molar-refractivity contribution in [3.63, 3.8) is 0 Å². The van der Waals surface area contributed by atoms with Crippen molar-refractivity contribution in [1.29, 1.82) is 0 Å². The van der Waals surface area contributed by atoms with E-state index in [2.05, 4.69) is 22.1 Å². The number of rotatable bonds is 2. The van der Waals surface area contributed by atoms with Gasteiger partial charge in [0.2, 0.25) is 0 Å². The Bertz CT molecular complexity index is 719. The second-order valence-corrected chi connectivity index (χ2v) is 5.83. The molecule has 0 spiro atoms. The van der Waals surface area contributed by atoms with Gasteiger partial charge in [-0.3, -0.25) is 10.1 Å². The van der Waals surface area contributed by atoms with Gasteiger partial charge < -0.3 is 5.11 Å². The number of aliphatic hydroxyl groups is 1. The molecule has 0 aliphatic carbocycles. The second-order valence-electron chi connectivity index (χ2n) is 4.62. The van der Waals surface area contributed by atoms with Gasteiger partial charge in [-0.2, -0.15) is 0 Å². The number of carbonyl (C=O) groups is 1. The first-order chi connectivity index (χ1) is 10.0. The Labute approximate surface area is 127 Å². The molecule has 1 aromatic heterocycles. The molecule has 2 N–H and O–H groups in total. The van der Waals surface area contributed by atoms with Crippen molar-refractivity contribution in [3.05, 3.63) is 45.5 Å². The maximum atomic E-state index is 12.4. The lowest BCUT2D eigenvalue weighted by molar-refractivity contribution is 0.102. The van der Waals surface area contributed by atoms with Crippen molar-refractivity contribution in [3.8, 4) is 11.8 Å². The number of hydrogen-bond donors (Lipinski definition) is 2. The summed E-state index contributed by atoms with van der Waals surface area (Å²) in [6.07, 6.45) is 0. The van der Waals surface area contributed by atoms with Crippen LogP contribution < -0.4 is 5.32 Å². The van der Waals surface area contributed by atoms with Crippen molar-refractivity contribution in [2.45, 2.75) is 20.8 Å². The summed E-state index contributed by atoms with van der Waals surface area (Å²) in [6.45, 7) is 5.57.